The number of aromatic amines is 1. The third kappa shape index (κ3) is 5.55. The van der Waals surface area contributed by atoms with Crippen LogP contribution < -0.4 is 5.32 Å². The van der Waals surface area contributed by atoms with Crippen molar-refractivity contribution in [1.82, 2.24) is 30.0 Å². The highest BCUT2D eigenvalue weighted by Gasteiger charge is 2.22. The summed E-state index contributed by atoms with van der Waals surface area (Å²) in [4.78, 5) is 10.0. The Labute approximate surface area is 200 Å². The molecular weight excluding hydrogens is 424 g/mol. The standard InChI is InChI=1S/C27H34N6O/c34-18-27(22-5-2-1-3-6-22)31-24-10-13-32(14-11-24)12-4-7-23-16-29-26-9-8-21(15-25(23)26)17-33-20-28-19-30-33/h1-3,5-6,8-9,15-16,19-20,24,27,29,31,34H,4,7,10-14,17-18H2. The molecule has 4 aromatic rings. The monoisotopic (exact) mass is 458 g/mol. The number of hydrogen-bond donors (Lipinski definition) is 3. The van der Waals surface area contributed by atoms with E-state index in [1.807, 2.05) is 22.9 Å². The first-order chi connectivity index (χ1) is 16.8. The fourth-order valence-electron chi connectivity index (χ4n) is 5.07. The molecule has 1 atom stereocenters. The third-order valence-corrected chi connectivity index (χ3v) is 6.97. The van der Waals surface area contributed by atoms with Crippen LogP contribution in [0.15, 0.2) is 67.4 Å². The number of nitrogens with one attached hydrogen (secondary N) is 2. The van der Waals surface area contributed by atoms with E-state index in [0.717, 1.165) is 57.4 Å². The van der Waals surface area contributed by atoms with Gasteiger partial charge in [0.05, 0.1) is 19.2 Å². The van der Waals surface area contributed by atoms with Crippen molar-refractivity contribution in [2.75, 3.05) is 26.2 Å². The Kier molecular flexibility index (Phi) is 7.34. The number of H-pyrrole nitrogens is 1. The molecule has 3 heterocycles. The summed E-state index contributed by atoms with van der Waals surface area (Å²) in [6, 6.07) is 17.4. The van der Waals surface area contributed by atoms with E-state index in [-0.39, 0.29) is 12.6 Å². The highest BCUT2D eigenvalue weighted by Crippen LogP contribution is 2.23. The van der Waals surface area contributed by atoms with Crippen LogP contribution in [-0.2, 0) is 13.0 Å². The van der Waals surface area contributed by atoms with Crippen LogP contribution in [0.3, 0.4) is 0 Å². The topological polar surface area (TPSA) is 82.0 Å². The van der Waals surface area contributed by atoms with Crippen molar-refractivity contribution in [2.45, 2.75) is 44.3 Å². The van der Waals surface area contributed by atoms with Crippen molar-refractivity contribution < 1.29 is 5.11 Å². The number of nitrogens with zero attached hydrogens (tertiary/aromatic N) is 4. The number of hydrogen-bond acceptors (Lipinski definition) is 5. The van der Waals surface area contributed by atoms with Crippen LogP contribution in [0.1, 0.15) is 42.0 Å². The van der Waals surface area contributed by atoms with Gasteiger partial charge in [0, 0.05) is 23.1 Å². The molecule has 7 nitrogen and oxygen atoms in total. The molecule has 1 aliphatic heterocycles. The summed E-state index contributed by atoms with van der Waals surface area (Å²) in [5, 5.41) is 19.0. The van der Waals surface area contributed by atoms with Crippen LogP contribution in [0.25, 0.3) is 10.9 Å². The molecule has 2 aromatic carbocycles. The first-order valence-electron chi connectivity index (χ1n) is 12.3. The zero-order valence-corrected chi connectivity index (χ0v) is 19.6. The van der Waals surface area contributed by atoms with E-state index < -0.39 is 0 Å². The predicted molar refractivity (Wildman–Crippen MR) is 135 cm³/mol. The molecule has 1 fully saturated rings. The van der Waals surface area contributed by atoms with Gasteiger partial charge in [0.15, 0.2) is 0 Å². The molecule has 1 unspecified atom stereocenters. The summed E-state index contributed by atoms with van der Waals surface area (Å²) in [7, 11) is 0. The molecule has 0 bridgehead atoms. The van der Waals surface area contributed by atoms with Crippen LogP contribution in [0, 0.1) is 0 Å². The fraction of sp³-hybridized carbons (Fsp3) is 0.407. The molecule has 0 radical (unpaired) electrons. The molecule has 0 saturated carbocycles. The van der Waals surface area contributed by atoms with Crippen molar-refractivity contribution in [1.29, 1.82) is 0 Å². The zero-order chi connectivity index (χ0) is 23.2. The average Bonchev–Trinajstić information content (AvgIpc) is 3.54. The summed E-state index contributed by atoms with van der Waals surface area (Å²) in [6.07, 6.45) is 9.98. The Hall–Kier alpha value is -3.00. The van der Waals surface area contributed by atoms with Crippen LogP contribution >= 0.6 is 0 Å². The van der Waals surface area contributed by atoms with Gasteiger partial charge in [0.1, 0.15) is 12.7 Å². The number of aliphatic hydroxyl groups excluding tert-OH is 1. The van der Waals surface area contributed by atoms with Gasteiger partial charge in [-0.2, -0.15) is 5.10 Å². The molecule has 3 N–H and O–H groups in total. The number of rotatable bonds is 10. The second-order valence-electron chi connectivity index (χ2n) is 9.32. The van der Waals surface area contributed by atoms with E-state index in [0.29, 0.717) is 6.04 Å². The van der Waals surface area contributed by atoms with Gasteiger partial charge >= 0.3 is 0 Å². The van der Waals surface area contributed by atoms with Crippen molar-refractivity contribution in [2.24, 2.45) is 0 Å². The van der Waals surface area contributed by atoms with E-state index in [1.165, 1.54) is 22.0 Å². The average molecular weight is 459 g/mol. The molecule has 5 rings (SSSR count). The summed E-state index contributed by atoms with van der Waals surface area (Å²) in [5.74, 6) is 0. The molecule has 0 amide bonds. The molecule has 1 saturated heterocycles. The number of piperidine rings is 1. The van der Waals surface area contributed by atoms with Crippen molar-refractivity contribution in [3.63, 3.8) is 0 Å². The van der Waals surface area contributed by atoms with Gasteiger partial charge in [-0.05, 0) is 74.1 Å². The van der Waals surface area contributed by atoms with Crippen molar-refractivity contribution >= 4 is 10.9 Å². The van der Waals surface area contributed by atoms with Gasteiger partial charge in [-0.25, -0.2) is 9.67 Å². The maximum Gasteiger partial charge on any atom is 0.137 e. The van der Waals surface area contributed by atoms with Gasteiger partial charge < -0.3 is 20.3 Å². The third-order valence-electron chi connectivity index (χ3n) is 6.97. The van der Waals surface area contributed by atoms with Gasteiger partial charge in [0.25, 0.3) is 0 Å². The highest BCUT2D eigenvalue weighted by atomic mass is 16.3. The molecule has 0 spiro atoms. The fourth-order valence-corrected chi connectivity index (χ4v) is 5.07. The first kappa shape index (κ1) is 22.8. The molecular formula is C27H34N6O. The maximum atomic E-state index is 9.84. The number of aryl methyl sites for hydroxylation is 1. The van der Waals surface area contributed by atoms with E-state index >= 15 is 0 Å². The zero-order valence-electron chi connectivity index (χ0n) is 19.6. The lowest BCUT2D eigenvalue weighted by molar-refractivity contribution is 0.171. The first-order valence-corrected chi connectivity index (χ1v) is 12.3. The largest absolute Gasteiger partial charge is 0.394 e. The van der Waals surface area contributed by atoms with Gasteiger partial charge in [0.2, 0.25) is 0 Å². The maximum absolute atomic E-state index is 9.84. The van der Waals surface area contributed by atoms with E-state index in [9.17, 15) is 5.11 Å². The number of aromatic nitrogens is 4. The molecule has 178 valence electrons. The van der Waals surface area contributed by atoms with Crippen molar-refractivity contribution in [3.8, 4) is 0 Å². The smallest absolute Gasteiger partial charge is 0.137 e. The van der Waals surface area contributed by atoms with Crippen molar-refractivity contribution in [3.05, 3.63) is 84.1 Å². The van der Waals surface area contributed by atoms with Crippen LogP contribution in [0.2, 0.25) is 0 Å². The minimum Gasteiger partial charge on any atom is -0.394 e. The molecule has 1 aliphatic rings. The lowest BCUT2D eigenvalue weighted by Gasteiger charge is -2.34. The number of fused-ring (bicyclic) bond motifs is 1. The molecule has 2 aromatic heterocycles. The van der Waals surface area contributed by atoms with E-state index in [4.69, 9.17) is 0 Å². The summed E-state index contributed by atoms with van der Waals surface area (Å²) in [5.41, 5.74) is 4.99. The second kappa shape index (κ2) is 11.0. The minimum absolute atomic E-state index is 0.0223. The Morgan fingerprint density at radius 1 is 1.12 bits per heavy atom. The summed E-state index contributed by atoms with van der Waals surface area (Å²) < 4.78 is 1.86. The SMILES string of the molecule is OCC(NC1CCN(CCCc2c[nH]c3ccc(Cn4cncn4)cc23)CC1)c1ccccc1. The Morgan fingerprint density at radius 2 is 1.97 bits per heavy atom. The molecule has 7 heteroatoms. The van der Waals surface area contributed by atoms with Crippen LogP contribution in [0.4, 0.5) is 0 Å². The second-order valence-corrected chi connectivity index (χ2v) is 9.32. The Bertz CT molecular complexity index is 1150. The minimum atomic E-state index is 0.0223. The van der Waals surface area contributed by atoms with Gasteiger partial charge in [-0.15, -0.1) is 0 Å². The summed E-state index contributed by atoms with van der Waals surface area (Å²) in [6.45, 7) is 4.22. The van der Waals surface area contributed by atoms with E-state index in [1.54, 1.807) is 12.7 Å². The van der Waals surface area contributed by atoms with Crippen LogP contribution in [0.5, 0.6) is 0 Å². The Morgan fingerprint density at radius 3 is 2.74 bits per heavy atom. The quantitative estimate of drug-likeness (QED) is 0.339. The molecule has 34 heavy (non-hydrogen) atoms. The predicted octanol–water partition coefficient (Wildman–Crippen LogP) is 3.53. The lowest BCUT2D eigenvalue weighted by atomic mass is 10.0. The van der Waals surface area contributed by atoms with Gasteiger partial charge in [-0.3, -0.25) is 0 Å². The number of likely N-dealkylation sites (tertiary alicyclic amines) is 1. The van der Waals surface area contributed by atoms with Crippen LogP contribution in [-0.4, -0.2) is 62.0 Å². The lowest BCUT2D eigenvalue weighted by Crippen LogP contribution is -2.44. The number of benzene rings is 2. The molecule has 0 aliphatic carbocycles. The van der Waals surface area contributed by atoms with Gasteiger partial charge in [-0.1, -0.05) is 36.4 Å². The Balaban J connectivity index is 1.09. The van der Waals surface area contributed by atoms with E-state index in [2.05, 4.69) is 61.8 Å². The normalized spacial score (nSPS) is 16.3. The number of aliphatic hydroxyl groups is 1. The summed E-state index contributed by atoms with van der Waals surface area (Å²) >= 11 is 0. The highest BCUT2D eigenvalue weighted by molar-refractivity contribution is 5.83.